The number of hydrogen-bond donors (Lipinski definition) is 1. The highest BCUT2D eigenvalue weighted by Crippen LogP contribution is 2.28. The van der Waals surface area contributed by atoms with Gasteiger partial charge in [0.1, 0.15) is 0 Å². The summed E-state index contributed by atoms with van der Waals surface area (Å²) in [6.45, 7) is 6.41. The first kappa shape index (κ1) is 27.0. The molecule has 0 aromatic carbocycles. The zero-order valence-corrected chi connectivity index (χ0v) is 20.8. The molecule has 1 atom stereocenters. The van der Waals surface area contributed by atoms with Crippen LogP contribution in [0.3, 0.4) is 0 Å². The molecule has 0 amide bonds. The largest absolute Gasteiger partial charge is 0.511 e. The van der Waals surface area contributed by atoms with Crippen molar-refractivity contribution >= 4 is 38.5 Å². The molecule has 0 aliphatic carbocycles. The van der Waals surface area contributed by atoms with E-state index in [2.05, 4.69) is 4.90 Å². The molecule has 0 radical (unpaired) electrons. The van der Waals surface area contributed by atoms with Crippen LogP contribution >= 0.6 is 22.7 Å². The number of sulfonamides is 1. The highest BCUT2D eigenvalue weighted by Gasteiger charge is 2.45. The van der Waals surface area contributed by atoms with Gasteiger partial charge in [-0.2, -0.15) is 13.2 Å². The fraction of sp³-hybridized carbons (Fsp3) is 0.571. The van der Waals surface area contributed by atoms with Gasteiger partial charge in [-0.05, 0) is 35.7 Å². The number of unbranched alkanes of at least 4 members (excludes halogenated alkanes) is 1. The average molecular weight is 511 g/mol. The van der Waals surface area contributed by atoms with Crippen molar-refractivity contribution in [2.45, 2.75) is 64.7 Å². The number of nitrogens with one attached hydrogen (secondary N) is 1. The summed E-state index contributed by atoms with van der Waals surface area (Å²) >= 11 is 3.21. The lowest BCUT2D eigenvalue weighted by Gasteiger charge is -2.34. The van der Waals surface area contributed by atoms with Crippen LogP contribution in [0, 0.1) is 5.41 Å². The van der Waals surface area contributed by atoms with Gasteiger partial charge in [0.15, 0.2) is 5.78 Å². The number of carbonyl (C=O) groups is 1. The number of hydrogen-bond acceptors (Lipinski definition) is 6. The maximum Gasteiger partial charge on any atom is 0.511 e. The van der Waals surface area contributed by atoms with Crippen molar-refractivity contribution in [1.82, 2.24) is 9.62 Å². The number of halogens is 3. The number of rotatable bonds is 12. The first-order valence-electron chi connectivity index (χ1n) is 10.2. The second-order valence-electron chi connectivity index (χ2n) is 8.53. The third kappa shape index (κ3) is 7.95. The summed E-state index contributed by atoms with van der Waals surface area (Å²) in [4.78, 5) is 17.7. The minimum atomic E-state index is -5.35. The number of alkyl halides is 3. The highest BCUT2D eigenvalue weighted by atomic mass is 32.2. The molecule has 1 unspecified atom stereocenters. The quantitative estimate of drug-likeness (QED) is 0.388. The van der Waals surface area contributed by atoms with Crippen molar-refractivity contribution < 1.29 is 26.4 Å². The third-order valence-electron chi connectivity index (χ3n) is 4.86. The maximum absolute atomic E-state index is 13.3. The van der Waals surface area contributed by atoms with Crippen molar-refractivity contribution in [3.63, 3.8) is 0 Å². The Balaban J connectivity index is 2.11. The monoisotopic (exact) mass is 510 g/mol. The van der Waals surface area contributed by atoms with Crippen LogP contribution in [0.25, 0.3) is 0 Å². The average Bonchev–Trinajstić information content (AvgIpc) is 3.36. The van der Waals surface area contributed by atoms with Gasteiger partial charge in [-0.25, -0.2) is 13.1 Å². The van der Waals surface area contributed by atoms with Crippen LogP contribution in [-0.4, -0.2) is 37.2 Å². The molecule has 180 valence electrons. The van der Waals surface area contributed by atoms with E-state index >= 15 is 0 Å². The van der Waals surface area contributed by atoms with Gasteiger partial charge in [-0.3, -0.25) is 9.69 Å². The maximum atomic E-state index is 13.3. The number of carbonyl (C=O) groups excluding carboxylic acids is 1. The van der Waals surface area contributed by atoms with Crippen LogP contribution in [0.1, 0.15) is 49.8 Å². The Labute approximate surface area is 195 Å². The molecule has 0 fully saturated rings. The van der Waals surface area contributed by atoms with Gasteiger partial charge in [0.2, 0.25) is 0 Å². The summed E-state index contributed by atoms with van der Waals surface area (Å²) in [6.07, 6.45) is 1.05. The first-order valence-corrected chi connectivity index (χ1v) is 13.4. The summed E-state index contributed by atoms with van der Waals surface area (Å²) in [5.74, 6) is 0.0569. The summed E-state index contributed by atoms with van der Waals surface area (Å²) < 4.78 is 61.3. The van der Waals surface area contributed by atoms with E-state index in [4.69, 9.17) is 0 Å². The molecule has 1 N–H and O–H groups in total. The van der Waals surface area contributed by atoms with E-state index in [9.17, 15) is 26.4 Å². The highest BCUT2D eigenvalue weighted by molar-refractivity contribution is 7.90. The van der Waals surface area contributed by atoms with E-state index in [0.717, 1.165) is 9.75 Å². The molecule has 11 heteroatoms. The topological polar surface area (TPSA) is 66.5 Å². The Bertz CT molecular complexity index is 899. The van der Waals surface area contributed by atoms with Gasteiger partial charge in [-0.1, -0.05) is 39.3 Å². The molecule has 32 heavy (non-hydrogen) atoms. The molecule has 2 aromatic heterocycles. The first-order chi connectivity index (χ1) is 14.8. The fourth-order valence-electron chi connectivity index (χ4n) is 3.21. The van der Waals surface area contributed by atoms with Crippen LogP contribution < -0.4 is 4.72 Å². The summed E-state index contributed by atoms with van der Waals surface area (Å²) in [5, 5.41) is 3.96. The molecule has 2 heterocycles. The fourth-order valence-corrected chi connectivity index (χ4v) is 5.25. The Morgan fingerprint density at radius 3 is 1.97 bits per heavy atom. The molecule has 0 aliphatic heterocycles. The van der Waals surface area contributed by atoms with E-state index in [1.807, 2.05) is 55.8 Å². The van der Waals surface area contributed by atoms with Gasteiger partial charge in [0, 0.05) is 34.8 Å². The Kier molecular flexibility index (Phi) is 9.47. The predicted octanol–water partition coefficient (Wildman–Crippen LogP) is 5.41. The number of nitrogens with zero attached hydrogens (tertiary/aromatic N) is 1. The van der Waals surface area contributed by atoms with Gasteiger partial charge in [-0.15, -0.1) is 22.7 Å². The molecule has 0 bridgehead atoms. The second kappa shape index (κ2) is 11.2. The van der Waals surface area contributed by atoms with Crippen LogP contribution in [0.15, 0.2) is 35.0 Å². The van der Waals surface area contributed by atoms with Crippen molar-refractivity contribution in [1.29, 1.82) is 0 Å². The SMILES string of the molecule is CC(C)(C)C(=O)C(CCCCNS(=O)(=O)C(F)(F)F)N(Cc1cccs1)Cc1cccs1. The number of thiophene rings is 2. The third-order valence-corrected chi connectivity index (χ3v) is 7.78. The van der Waals surface area contributed by atoms with Crippen LogP contribution in [0.5, 0.6) is 0 Å². The van der Waals surface area contributed by atoms with Gasteiger partial charge in [0.25, 0.3) is 0 Å². The Hall–Kier alpha value is -1.27. The lowest BCUT2D eigenvalue weighted by atomic mass is 9.84. The molecule has 0 saturated heterocycles. The second-order valence-corrected chi connectivity index (χ2v) is 12.4. The summed E-state index contributed by atoms with van der Waals surface area (Å²) in [5.41, 5.74) is -5.92. The normalized spacial score (nSPS) is 14.1. The lowest BCUT2D eigenvalue weighted by molar-refractivity contribution is -0.132. The summed E-state index contributed by atoms with van der Waals surface area (Å²) in [7, 11) is -5.35. The summed E-state index contributed by atoms with van der Waals surface area (Å²) in [6, 6.07) is 7.50. The van der Waals surface area contributed by atoms with E-state index in [1.54, 1.807) is 27.4 Å². The molecular formula is C21H29F3N2O3S3. The molecule has 2 aromatic rings. The van der Waals surface area contributed by atoms with Crippen molar-refractivity contribution in [3.8, 4) is 0 Å². The molecule has 0 aliphatic rings. The Morgan fingerprint density at radius 2 is 1.56 bits per heavy atom. The zero-order valence-electron chi connectivity index (χ0n) is 18.3. The van der Waals surface area contributed by atoms with Gasteiger partial charge >= 0.3 is 15.5 Å². The number of ketones is 1. The minimum Gasteiger partial charge on any atom is -0.297 e. The standard InChI is InChI=1S/C21H29F3N2O3S3/c1-20(2,3)19(27)18(10-4-5-11-25-32(28,29)21(22,23)24)26(14-16-8-6-12-30-16)15-17-9-7-13-31-17/h6-9,12-13,18,25H,4-5,10-11,14-15H2,1-3H3. The van der Waals surface area contributed by atoms with E-state index in [-0.39, 0.29) is 18.7 Å². The smallest absolute Gasteiger partial charge is 0.297 e. The van der Waals surface area contributed by atoms with Crippen molar-refractivity contribution in [3.05, 3.63) is 44.8 Å². The molecule has 0 saturated carbocycles. The Morgan fingerprint density at radius 1 is 1.03 bits per heavy atom. The zero-order chi connectivity index (χ0) is 24.0. The molecule has 2 rings (SSSR count). The van der Waals surface area contributed by atoms with Crippen molar-refractivity contribution in [2.24, 2.45) is 5.41 Å². The van der Waals surface area contributed by atoms with Gasteiger partial charge < -0.3 is 0 Å². The number of Topliss-reactive ketones (excluding diaryl/α,β-unsaturated/α-hetero) is 1. The predicted molar refractivity (Wildman–Crippen MR) is 123 cm³/mol. The van der Waals surface area contributed by atoms with E-state index in [0.29, 0.717) is 25.9 Å². The minimum absolute atomic E-state index is 0.0569. The van der Waals surface area contributed by atoms with E-state index < -0.39 is 27.0 Å². The van der Waals surface area contributed by atoms with Crippen LogP contribution in [0.2, 0.25) is 0 Å². The molecule has 0 spiro atoms. The van der Waals surface area contributed by atoms with Crippen molar-refractivity contribution in [2.75, 3.05) is 6.54 Å². The van der Waals surface area contributed by atoms with Crippen LogP contribution in [-0.2, 0) is 27.9 Å². The molecular weight excluding hydrogens is 481 g/mol. The lowest BCUT2D eigenvalue weighted by Crippen LogP contribution is -2.45. The molecule has 5 nitrogen and oxygen atoms in total. The van der Waals surface area contributed by atoms with E-state index in [1.165, 1.54) is 0 Å². The van der Waals surface area contributed by atoms with Gasteiger partial charge in [0.05, 0.1) is 6.04 Å². The van der Waals surface area contributed by atoms with Crippen LogP contribution in [0.4, 0.5) is 13.2 Å².